The molecule has 2 aromatic carbocycles. The predicted octanol–water partition coefficient (Wildman–Crippen LogP) is 4.10. The van der Waals surface area contributed by atoms with Crippen molar-refractivity contribution >= 4 is 23.3 Å². The highest BCUT2D eigenvalue weighted by Gasteiger charge is 2.35. The number of hydrogen-bond donors (Lipinski definition) is 1. The van der Waals surface area contributed by atoms with Gasteiger partial charge < -0.3 is 14.8 Å². The fourth-order valence-corrected chi connectivity index (χ4v) is 4.21. The second-order valence-corrected chi connectivity index (χ2v) is 7.39. The Morgan fingerprint density at radius 3 is 2.93 bits per heavy atom. The van der Waals surface area contributed by atoms with Crippen LogP contribution in [0.5, 0.6) is 11.5 Å². The molecule has 2 aliphatic rings. The van der Waals surface area contributed by atoms with Crippen LogP contribution < -0.4 is 14.8 Å². The van der Waals surface area contributed by atoms with Gasteiger partial charge in [0.15, 0.2) is 11.5 Å². The normalized spacial score (nSPS) is 17.4. The second kappa shape index (κ2) is 6.56. The molecule has 1 N–H and O–H groups in total. The van der Waals surface area contributed by atoms with E-state index in [1.165, 1.54) is 0 Å². The highest BCUT2D eigenvalue weighted by Crippen LogP contribution is 2.46. The number of hydrogen-bond acceptors (Lipinski definition) is 4. The summed E-state index contributed by atoms with van der Waals surface area (Å²) in [5.74, 6) is 1.96. The first-order valence-corrected chi connectivity index (χ1v) is 9.48. The van der Waals surface area contributed by atoms with Crippen LogP contribution in [0.15, 0.2) is 42.5 Å². The zero-order valence-electron chi connectivity index (χ0n) is 15.2. The fourth-order valence-electron chi connectivity index (χ4n) is 4.01. The van der Waals surface area contributed by atoms with E-state index < -0.39 is 0 Å². The summed E-state index contributed by atoms with van der Waals surface area (Å²) in [4.78, 5) is 12.5. The van der Waals surface area contributed by atoms with Crippen molar-refractivity contribution in [2.24, 2.45) is 0 Å². The molecule has 1 unspecified atom stereocenters. The third-order valence-electron chi connectivity index (χ3n) is 5.25. The van der Waals surface area contributed by atoms with E-state index in [4.69, 9.17) is 26.2 Å². The number of ether oxygens (including phenoxy) is 2. The average molecular weight is 396 g/mol. The second-order valence-electron chi connectivity index (χ2n) is 6.98. The van der Waals surface area contributed by atoms with E-state index in [-0.39, 0.29) is 18.6 Å². The molecule has 2 aliphatic heterocycles. The molecular formula is C21H18ClN3O3. The molecule has 0 fully saturated rings. The number of nitrogens with one attached hydrogen (secondary N) is 1. The number of para-hydroxylation sites is 1. The van der Waals surface area contributed by atoms with Gasteiger partial charge in [-0.05, 0) is 24.6 Å². The van der Waals surface area contributed by atoms with Crippen LogP contribution >= 0.6 is 11.6 Å². The smallest absolute Gasteiger partial charge is 0.231 e. The molecule has 0 radical (unpaired) electrons. The average Bonchev–Trinajstić information content (AvgIpc) is 3.28. The Labute approximate surface area is 167 Å². The summed E-state index contributed by atoms with van der Waals surface area (Å²) in [7, 11) is 0. The molecule has 0 aliphatic carbocycles. The van der Waals surface area contributed by atoms with Crippen molar-refractivity contribution in [1.82, 2.24) is 9.78 Å². The summed E-state index contributed by atoms with van der Waals surface area (Å²) >= 11 is 6.32. The Bertz CT molecular complexity index is 1090. The molecule has 0 saturated carbocycles. The van der Waals surface area contributed by atoms with Crippen molar-refractivity contribution in [2.45, 2.75) is 25.8 Å². The molecule has 0 saturated heterocycles. The highest BCUT2D eigenvalue weighted by atomic mass is 35.5. The van der Waals surface area contributed by atoms with Crippen LogP contribution in [0.3, 0.4) is 0 Å². The van der Waals surface area contributed by atoms with Crippen LogP contribution in [-0.4, -0.2) is 22.5 Å². The number of benzene rings is 2. The van der Waals surface area contributed by atoms with Crippen molar-refractivity contribution in [2.75, 3.05) is 12.1 Å². The van der Waals surface area contributed by atoms with E-state index in [9.17, 15) is 4.79 Å². The minimum atomic E-state index is -0.139. The van der Waals surface area contributed by atoms with E-state index in [2.05, 4.69) is 5.32 Å². The SMILES string of the molecule is Cc1nn(Cc2ccccc2Cl)c2c1C(c1cccc3c1OCO3)CC(=O)N2. The first kappa shape index (κ1) is 17.1. The molecular weight excluding hydrogens is 378 g/mol. The van der Waals surface area contributed by atoms with Gasteiger partial charge in [-0.3, -0.25) is 4.79 Å². The molecule has 0 spiro atoms. The van der Waals surface area contributed by atoms with Crippen LogP contribution in [0.25, 0.3) is 0 Å². The van der Waals surface area contributed by atoms with Crippen LogP contribution in [0.4, 0.5) is 5.82 Å². The summed E-state index contributed by atoms with van der Waals surface area (Å²) in [6, 6.07) is 13.4. The Kier molecular flexibility index (Phi) is 4.02. The number of halogens is 1. The van der Waals surface area contributed by atoms with Crippen LogP contribution in [0.1, 0.15) is 34.7 Å². The maximum atomic E-state index is 12.5. The summed E-state index contributed by atoms with van der Waals surface area (Å²) in [5.41, 5.74) is 3.79. The Balaban J connectivity index is 1.61. The van der Waals surface area contributed by atoms with Gasteiger partial charge in [0.1, 0.15) is 5.82 Å². The van der Waals surface area contributed by atoms with Crippen LogP contribution in [0.2, 0.25) is 5.02 Å². The number of amides is 1. The number of aromatic nitrogens is 2. The third kappa shape index (κ3) is 2.72. The van der Waals surface area contributed by atoms with E-state index in [0.717, 1.165) is 28.2 Å². The lowest BCUT2D eigenvalue weighted by atomic mass is 9.85. The molecule has 142 valence electrons. The zero-order chi connectivity index (χ0) is 19.3. The van der Waals surface area contributed by atoms with Crippen molar-refractivity contribution in [3.63, 3.8) is 0 Å². The van der Waals surface area contributed by atoms with Crippen LogP contribution in [0, 0.1) is 6.92 Å². The van der Waals surface area contributed by atoms with E-state index in [1.807, 2.05) is 54.1 Å². The Morgan fingerprint density at radius 2 is 2.07 bits per heavy atom. The van der Waals surface area contributed by atoms with Gasteiger partial charge >= 0.3 is 0 Å². The minimum absolute atomic E-state index is 0.0469. The molecule has 28 heavy (non-hydrogen) atoms. The molecule has 7 heteroatoms. The lowest BCUT2D eigenvalue weighted by Crippen LogP contribution is -2.25. The molecule has 1 aromatic heterocycles. The number of carbonyl (C=O) groups is 1. The van der Waals surface area contributed by atoms with Gasteiger partial charge in [0.25, 0.3) is 0 Å². The van der Waals surface area contributed by atoms with Gasteiger partial charge in [0.05, 0.1) is 12.2 Å². The van der Waals surface area contributed by atoms with Gasteiger partial charge in [-0.25, -0.2) is 4.68 Å². The van der Waals surface area contributed by atoms with Gasteiger partial charge in [-0.1, -0.05) is 41.9 Å². The summed E-state index contributed by atoms with van der Waals surface area (Å²) in [5, 5.41) is 8.38. The third-order valence-corrected chi connectivity index (χ3v) is 5.62. The quantitative estimate of drug-likeness (QED) is 0.725. The number of aryl methyl sites for hydroxylation is 1. The number of nitrogens with zero attached hydrogens (tertiary/aromatic N) is 2. The predicted molar refractivity (Wildman–Crippen MR) is 105 cm³/mol. The monoisotopic (exact) mass is 395 g/mol. The lowest BCUT2D eigenvalue weighted by molar-refractivity contribution is -0.116. The Morgan fingerprint density at radius 1 is 1.21 bits per heavy atom. The van der Waals surface area contributed by atoms with Crippen molar-refractivity contribution in [1.29, 1.82) is 0 Å². The molecule has 3 heterocycles. The Hall–Kier alpha value is -2.99. The van der Waals surface area contributed by atoms with Gasteiger partial charge in [-0.2, -0.15) is 5.10 Å². The largest absolute Gasteiger partial charge is 0.454 e. The van der Waals surface area contributed by atoms with E-state index >= 15 is 0 Å². The summed E-state index contributed by atoms with van der Waals surface area (Å²) < 4.78 is 13.0. The van der Waals surface area contributed by atoms with E-state index in [0.29, 0.717) is 29.5 Å². The standard InChI is InChI=1S/C21H18ClN3O3/c1-12-19-15(14-6-4-8-17-20(14)28-11-27-17)9-18(26)23-21(19)25(24-12)10-13-5-2-3-7-16(13)22/h2-8,15H,9-11H2,1H3,(H,23,26). The number of rotatable bonds is 3. The van der Waals surface area contributed by atoms with Crippen LogP contribution in [-0.2, 0) is 11.3 Å². The first-order valence-electron chi connectivity index (χ1n) is 9.11. The maximum absolute atomic E-state index is 12.5. The van der Waals surface area contributed by atoms with Crippen molar-refractivity contribution in [3.05, 3.63) is 69.9 Å². The minimum Gasteiger partial charge on any atom is -0.454 e. The lowest BCUT2D eigenvalue weighted by Gasteiger charge is -2.25. The maximum Gasteiger partial charge on any atom is 0.231 e. The zero-order valence-corrected chi connectivity index (χ0v) is 16.0. The summed E-state index contributed by atoms with van der Waals surface area (Å²) in [6.07, 6.45) is 0.339. The molecule has 0 bridgehead atoms. The molecule has 1 amide bonds. The van der Waals surface area contributed by atoms with Gasteiger partial charge in [-0.15, -0.1) is 0 Å². The molecule has 1 atom stereocenters. The molecule has 5 rings (SSSR count). The van der Waals surface area contributed by atoms with Gasteiger partial charge in [0, 0.05) is 28.5 Å². The van der Waals surface area contributed by atoms with E-state index in [1.54, 1.807) is 0 Å². The highest BCUT2D eigenvalue weighted by molar-refractivity contribution is 6.31. The van der Waals surface area contributed by atoms with Crippen molar-refractivity contribution < 1.29 is 14.3 Å². The topological polar surface area (TPSA) is 65.4 Å². The number of carbonyl (C=O) groups excluding carboxylic acids is 1. The molecule has 3 aromatic rings. The number of fused-ring (bicyclic) bond motifs is 2. The number of anilines is 1. The molecule has 6 nitrogen and oxygen atoms in total. The first-order chi connectivity index (χ1) is 13.6. The fraction of sp³-hybridized carbons (Fsp3) is 0.238. The van der Waals surface area contributed by atoms with Gasteiger partial charge in [0.2, 0.25) is 12.7 Å². The summed E-state index contributed by atoms with van der Waals surface area (Å²) in [6.45, 7) is 2.64. The van der Waals surface area contributed by atoms with Crippen molar-refractivity contribution in [3.8, 4) is 11.5 Å².